The van der Waals surface area contributed by atoms with Gasteiger partial charge < -0.3 is 4.74 Å². The summed E-state index contributed by atoms with van der Waals surface area (Å²) in [5, 5.41) is 3.38. The molecule has 0 aliphatic rings. The zero-order valence-corrected chi connectivity index (χ0v) is 7.08. The lowest BCUT2D eigenvalue weighted by Crippen LogP contribution is -2.11. The fourth-order valence-corrected chi connectivity index (χ4v) is 0.866. The highest BCUT2D eigenvalue weighted by molar-refractivity contribution is 5.12. The molecule has 1 aromatic heterocycles. The molecular weight excluding hydrogens is 197 g/mol. The van der Waals surface area contributed by atoms with Gasteiger partial charge in [-0.15, -0.1) is 6.42 Å². The average molecular weight is 204 g/mol. The smallest absolute Gasteiger partial charge is 0.258 e. The van der Waals surface area contributed by atoms with Crippen molar-refractivity contribution in [2.75, 3.05) is 6.61 Å². The fourth-order valence-electron chi connectivity index (χ4n) is 0.866. The minimum atomic E-state index is -2.62. The summed E-state index contributed by atoms with van der Waals surface area (Å²) >= 11 is 0. The van der Waals surface area contributed by atoms with Crippen molar-refractivity contribution in [1.29, 1.82) is 0 Å². The lowest BCUT2D eigenvalue weighted by Gasteiger charge is -2.05. The quantitative estimate of drug-likeness (QED) is 0.691. The molecule has 0 atom stereocenters. The van der Waals surface area contributed by atoms with E-state index in [0.717, 1.165) is 10.9 Å². The van der Waals surface area contributed by atoms with Gasteiger partial charge in [-0.05, 0) is 0 Å². The molecule has 0 saturated heterocycles. The molecule has 0 aliphatic heterocycles. The van der Waals surface area contributed by atoms with Crippen LogP contribution in [0.5, 0.6) is 5.88 Å². The normalized spacial score (nSPS) is 10.2. The summed E-state index contributed by atoms with van der Waals surface area (Å²) in [5.74, 6) is 0.933. The molecule has 76 valence electrons. The van der Waals surface area contributed by atoms with Gasteiger partial charge >= 0.3 is 0 Å². The molecule has 0 spiro atoms. The first-order chi connectivity index (χ1) is 6.65. The highest BCUT2D eigenvalue weighted by atomic mass is 19.3. The van der Waals surface area contributed by atoms with Crippen LogP contribution in [-0.4, -0.2) is 22.8 Å². The molecule has 6 heteroatoms. The summed E-state index contributed by atoms with van der Waals surface area (Å²) in [4.78, 5) is 0. The van der Waals surface area contributed by atoms with Crippen LogP contribution in [0.1, 0.15) is 0 Å². The fraction of sp³-hybridized carbons (Fsp3) is 0.375. The summed E-state index contributed by atoms with van der Waals surface area (Å²) in [7, 11) is 0. The lowest BCUT2D eigenvalue weighted by atomic mass is 10.6. The summed E-state index contributed by atoms with van der Waals surface area (Å²) in [6.07, 6.45) is 3.05. The summed E-state index contributed by atoms with van der Waals surface area (Å²) in [6, 6.07) is 0. The average Bonchev–Trinajstić information content (AvgIpc) is 2.44. The number of rotatable bonds is 4. The van der Waals surface area contributed by atoms with Gasteiger partial charge in [0.2, 0.25) is 11.7 Å². The molecule has 14 heavy (non-hydrogen) atoms. The molecule has 0 fully saturated rings. The van der Waals surface area contributed by atoms with Gasteiger partial charge in [0.05, 0.1) is 6.20 Å². The largest absolute Gasteiger partial charge is 0.463 e. The van der Waals surface area contributed by atoms with E-state index in [0.29, 0.717) is 0 Å². The van der Waals surface area contributed by atoms with Gasteiger partial charge in [-0.2, -0.15) is 9.49 Å². The maximum Gasteiger partial charge on any atom is 0.258 e. The first-order valence-corrected chi connectivity index (χ1v) is 3.71. The molecule has 0 aromatic carbocycles. The molecule has 0 unspecified atom stereocenters. The minimum Gasteiger partial charge on any atom is -0.463 e. The Morgan fingerprint density at radius 1 is 1.64 bits per heavy atom. The van der Waals surface area contributed by atoms with Crippen LogP contribution in [0.2, 0.25) is 0 Å². The SMILES string of the molecule is C#CCOc1c(F)cnn1CC(F)F. The predicted octanol–water partition coefficient (Wildman–Crippen LogP) is 1.30. The van der Waals surface area contributed by atoms with Crippen molar-refractivity contribution in [1.82, 2.24) is 9.78 Å². The monoisotopic (exact) mass is 204 g/mol. The van der Waals surface area contributed by atoms with Crippen molar-refractivity contribution in [3.05, 3.63) is 12.0 Å². The van der Waals surface area contributed by atoms with E-state index in [1.807, 2.05) is 0 Å². The topological polar surface area (TPSA) is 27.1 Å². The third kappa shape index (κ3) is 2.42. The Kier molecular flexibility index (Phi) is 3.40. The molecule has 0 bridgehead atoms. The van der Waals surface area contributed by atoms with Crippen LogP contribution in [0.4, 0.5) is 13.2 Å². The second kappa shape index (κ2) is 4.56. The maximum absolute atomic E-state index is 12.9. The van der Waals surface area contributed by atoms with E-state index in [1.165, 1.54) is 0 Å². The van der Waals surface area contributed by atoms with E-state index in [4.69, 9.17) is 11.2 Å². The second-order valence-corrected chi connectivity index (χ2v) is 2.36. The third-order valence-electron chi connectivity index (χ3n) is 1.35. The standard InChI is InChI=1S/C8H7F3N2O/c1-2-3-14-8-6(9)4-12-13(8)5-7(10)11/h1,4,7H,3,5H2. The number of ether oxygens (including phenoxy) is 1. The Balaban J connectivity index is 2.78. The third-order valence-corrected chi connectivity index (χ3v) is 1.35. The van der Waals surface area contributed by atoms with E-state index >= 15 is 0 Å². The summed E-state index contributed by atoms with van der Waals surface area (Å²) < 4.78 is 42.2. The molecule has 0 radical (unpaired) electrons. The predicted molar refractivity (Wildman–Crippen MR) is 42.5 cm³/mol. The van der Waals surface area contributed by atoms with Gasteiger partial charge in [-0.3, -0.25) is 0 Å². The molecule has 0 amide bonds. The molecule has 1 heterocycles. The van der Waals surface area contributed by atoms with E-state index in [-0.39, 0.29) is 12.5 Å². The molecule has 0 N–H and O–H groups in total. The van der Waals surface area contributed by atoms with Gasteiger partial charge in [-0.25, -0.2) is 13.5 Å². The maximum atomic E-state index is 12.9. The lowest BCUT2D eigenvalue weighted by molar-refractivity contribution is 0.116. The number of hydrogen-bond donors (Lipinski definition) is 0. The van der Waals surface area contributed by atoms with E-state index < -0.39 is 18.8 Å². The molecule has 0 aliphatic carbocycles. The Hall–Kier alpha value is -1.64. The van der Waals surface area contributed by atoms with Crippen LogP contribution in [0, 0.1) is 18.2 Å². The number of hydrogen-bond acceptors (Lipinski definition) is 2. The highest BCUT2D eigenvalue weighted by Gasteiger charge is 2.15. The number of aromatic nitrogens is 2. The number of alkyl halides is 2. The Morgan fingerprint density at radius 3 is 2.93 bits per heavy atom. The van der Waals surface area contributed by atoms with Crippen LogP contribution < -0.4 is 4.74 Å². The van der Waals surface area contributed by atoms with E-state index in [9.17, 15) is 13.2 Å². The first-order valence-electron chi connectivity index (χ1n) is 3.71. The van der Waals surface area contributed by atoms with E-state index in [2.05, 4.69) is 11.0 Å². The van der Waals surface area contributed by atoms with Crippen LogP contribution in [0.3, 0.4) is 0 Å². The first kappa shape index (κ1) is 10.4. The second-order valence-electron chi connectivity index (χ2n) is 2.36. The number of halogens is 3. The van der Waals surface area contributed by atoms with Gasteiger partial charge in [-0.1, -0.05) is 5.92 Å². The van der Waals surface area contributed by atoms with Crippen molar-refractivity contribution in [2.45, 2.75) is 13.0 Å². The van der Waals surface area contributed by atoms with Crippen LogP contribution in [0.15, 0.2) is 6.20 Å². The van der Waals surface area contributed by atoms with Gasteiger partial charge in [0.25, 0.3) is 6.43 Å². The molecule has 0 saturated carbocycles. The molecular formula is C8H7F3N2O. The Morgan fingerprint density at radius 2 is 2.36 bits per heavy atom. The number of nitrogens with zero attached hydrogens (tertiary/aromatic N) is 2. The molecule has 3 nitrogen and oxygen atoms in total. The van der Waals surface area contributed by atoms with E-state index in [1.54, 1.807) is 0 Å². The molecule has 1 aromatic rings. The zero-order valence-electron chi connectivity index (χ0n) is 7.08. The van der Waals surface area contributed by atoms with Crippen molar-refractivity contribution >= 4 is 0 Å². The van der Waals surface area contributed by atoms with Crippen molar-refractivity contribution in [3.8, 4) is 18.2 Å². The summed E-state index contributed by atoms with van der Waals surface area (Å²) in [5.41, 5.74) is 0. The Labute approximate surface area is 78.5 Å². The molecule has 1 rings (SSSR count). The van der Waals surface area contributed by atoms with Crippen molar-refractivity contribution in [2.24, 2.45) is 0 Å². The minimum absolute atomic E-state index is 0.189. The van der Waals surface area contributed by atoms with Crippen LogP contribution in [0.25, 0.3) is 0 Å². The highest BCUT2D eigenvalue weighted by Crippen LogP contribution is 2.17. The van der Waals surface area contributed by atoms with Gasteiger partial charge in [0.1, 0.15) is 6.54 Å². The van der Waals surface area contributed by atoms with Gasteiger partial charge in [0, 0.05) is 0 Å². The Bertz CT molecular complexity index is 343. The van der Waals surface area contributed by atoms with Crippen LogP contribution >= 0.6 is 0 Å². The van der Waals surface area contributed by atoms with Crippen molar-refractivity contribution < 1.29 is 17.9 Å². The zero-order chi connectivity index (χ0) is 10.6. The van der Waals surface area contributed by atoms with Gasteiger partial charge in [0.15, 0.2) is 6.61 Å². The van der Waals surface area contributed by atoms with Crippen LogP contribution in [-0.2, 0) is 6.54 Å². The number of terminal acetylenes is 1. The van der Waals surface area contributed by atoms with Crippen molar-refractivity contribution in [3.63, 3.8) is 0 Å². The summed E-state index contributed by atoms with van der Waals surface area (Å²) in [6.45, 7) is -0.907.